The Bertz CT molecular complexity index is 653. The number of aromatic nitrogens is 3. The quantitative estimate of drug-likeness (QED) is 0.789. The van der Waals surface area contributed by atoms with Crippen LogP contribution in [0.3, 0.4) is 0 Å². The van der Waals surface area contributed by atoms with Crippen molar-refractivity contribution < 1.29 is 4.79 Å². The van der Waals surface area contributed by atoms with E-state index in [1.54, 1.807) is 11.0 Å². The Morgan fingerprint density at radius 2 is 2.27 bits per heavy atom. The molecule has 1 saturated carbocycles. The van der Waals surface area contributed by atoms with Crippen molar-refractivity contribution in [1.29, 1.82) is 0 Å². The van der Waals surface area contributed by atoms with E-state index in [1.165, 1.54) is 12.8 Å². The summed E-state index contributed by atoms with van der Waals surface area (Å²) >= 11 is 3.44. The average Bonchev–Trinajstić information content (AvgIpc) is 3.20. The first kappa shape index (κ1) is 15.2. The van der Waals surface area contributed by atoms with Crippen LogP contribution >= 0.6 is 15.9 Å². The second-order valence-corrected chi connectivity index (χ2v) is 6.43. The molecule has 0 bridgehead atoms. The molecule has 116 valence electrons. The van der Waals surface area contributed by atoms with Gasteiger partial charge in [0.15, 0.2) is 0 Å². The van der Waals surface area contributed by atoms with Crippen LogP contribution in [0, 0.1) is 5.92 Å². The third kappa shape index (κ3) is 4.64. The molecule has 1 heterocycles. The second-order valence-electron chi connectivity index (χ2n) is 5.52. The largest absolute Gasteiger partial charge is 0.308 e. The van der Waals surface area contributed by atoms with Crippen molar-refractivity contribution >= 4 is 27.8 Å². The van der Waals surface area contributed by atoms with Crippen LogP contribution in [0.4, 0.5) is 5.95 Å². The fourth-order valence-corrected chi connectivity index (χ4v) is 2.58. The Balaban J connectivity index is 1.48. The van der Waals surface area contributed by atoms with Crippen LogP contribution in [0.25, 0.3) is 0 Å². The van der Waals surface area contributed by atoms with Crippen LogP contribution in [0.1, 0.15) is 18.4 Å². The minimum absolute atomic E-state index is 0.110. The summed E-state index contributed by atoms with van der Waals surface area (Å²) in [4.78, 5) is 15.9. The van der Waals surface area contributed by atoms with Gasteiger partial charge in [0, 0.05) is 4.47 Å². The fraction of sp³-hybridized carbons (Fsp3) is 0.400. The van der Waals surface area contributed by atoms with Crippen molar-refractivity contribution in [2.24, 2.45) is 5.92 Å². The van der Waals surface area contributed by atoms with Gasteiger partial charge in [-0.1, -0.05) is 28.1 Å². The van der Waals surface area contributed by atoms with Crippen LogP contribution in [0.2, 0.25) is 0 Å². The van der Waals surface area contributed by atoms with Gasteiger partial charge in [0.2, 0.25) is 11.9 Å². The van der Waals surface area contributed by atoms with E-state index in [-0.39, 0.29) is 5.91 Å². The van der Waals surface area contributed by atoms with Crippen molar-refractivity contribution in [3.8, 4) is 0 Å². The number of nitrogens with one attached hydrogen (secondary N) is 2. The summed E-state index contributed by atoms with van der Waals surface area (Å²) in [5.41, 5.74) is 1.11. The van der Waals surface area contributed by atoms with Gasteiger partial charge in [-0.15, -0.1) is 5.10 Å². The predicted molar refractivity (Wildman–Crippen MR) is 87.5 cm³/mol. The van der Waals surface area contributed by atoms with E-state index in [9.17, 15) is 4.79 Å². The Hall–Kier alpha value is -1.73. The number of hydrogen-bond acceptors (Lipinski definition) is 4. The molecular weight excluding hydrogens is 346 g/mol. The summed E-state index contributed by atoms with van der Waals surface area (Å²) < 4.78 is 2.73. The van der Waals surface area contributed by atoms with Gasteiger partial charge in [-0.25, -0.2) is 9.67 Å². The van der Waals surface area contributed by atoms with Crippen LogP contribution in [0.5, 0.6) is 0 Å². The molecule has 0 saturated heterocycles. The van der Waals surface area contributed by atoms with Crippen LogP contribution < -0.4 is 10.6 Å². The van der Waals surface area contributed by atoms with E-state index in [2.05, 4.69) is 36.6 Å². The maximum Gasteiger partial charge on any atom is 0.248 e. The van der Waals surface area contributed by atoms with Gasteiger partial charge in [-0.05, 0) is 43.0 Å². The number of rotatable bonds is 7. The third-order valence-corrected chi connectivity index (χ3v) is 3.93. The van der Waals surface area contributed by atoms with Gasteiger partial charge >= 0.3 is 0 Å². The number of anilines is 1. The summed E-state index contributed by atoms with van der Waals surface area (Å²) in [7, 11) is 0. The molecule has 1 amide bonds. The lowest BCUT2D eigenvalue weighted by molar-refractivity contribution is -0.115. The lowest BCUT2D eigenvalue weighted by Crippen LogP contribution is -2.29. The van der Waals surface area contributed by atoms with E-state index in [0.29, 0.717) is 19.0 Å². The molecule has 22 heavy (non-hydrogen) atoms. The zero-order chi connectivity index (χ0) is 15.4. The molecule has 7 heteroatoms. The van der Waals surface area contributed by atoms with Crippen LogP contribution in [-0.4, -0.2) is 33.8 Å². The van der Waals surface area contributed by atoms with Crippen LogP contribution in [0.15, 0.2) is 35.1 Å². The zero-order valence-corrected chi connectivity index (χ0v) is 13.7. The zero-order valence-electron chi connectivity index (χ0n) is 12.1. The van der Waals surface area contributed by atoms with E-state index in [1.807, 2.05) is 24.3 Å². The Kier molecular flexibility index (Phi) is 4.84. The monoisotopic (exact) mass is 363 g/mol. The van der Waals surface area contributed by atoms with Crippen molar-refractivity contribution in [2.75, 3.05) is 18.4 Å². The lowest BCUT2D eigenvalue weighted by atomic mass is 10.2. The topological polar surface area (TPSA) is 71.8 Å². The molecule has 0 spiro atoms. The number of nitrogens with zero attached hydrogens (tertiary/aromatic N) is 3. The third-order valence-electron chi connectivity index (χ3n) is 3.44. The molecule has 1 aliphatic rings. The first-order chi connectivity index (χ1) is 10.7. The summed E-state index contributed by atoms with van der Waals surface area (Å²) in [6, 6.07) is 8.00. The van der Waals surface area contributed by atoms with Gasteiger partial charge in [-0.3, -0.25) is 10.1 Å². The first-order valence-electron chi connectivity index (χ1n) is 7.33. The van der Waals surface area contributed by atoms with Crippen molar-refractivity contribution in [3.63, 3.8) is 0 Å². The molecule has 2 N–H and O–H groups in total. The summed E-state index contributed by atoms with van der Waals surface area (Å²) in [6.45, 7) is 1.83. The van der Waals surface area contributed by atoms with E-state index < -0.39 is 0 Å². The number of hydrogen-bond donors (Lipinski definition) is 2. The van der Waals surface area contributed by atoms with Crippen molar-refractivity contribution in [1.82, 2.24) is 20.1 Å². The SMILES string of the molecule is O=C(CNCC1CC1)Nc1ncn(Cc2cccc(Br)c2)n1. The van der Waals surface area contributed by atoms with Crippen LogP contribution in [-0.2, 0) is 11.3 Å². The molecule has 0 unspecified atom stereocenters. The minimum atomic E-state index is -0.110. The van der Waals surface area contributed by atoms with Gasteiger partial charge in [0.1, 0.15) is 6.33 Å². The van der Waals surface area contributed by atoms with E-state index in [4.69, 9.17) is 0 Å². The highest BCUT2D eigenvalue weighted by atomic mass is 79.9. The summed E-state index contributed by atoms with van der Waals surface area (Å²) in [6.07, 6.45) is 4.17. The van der Waals surface area contributed by atoms with Gasteiger partial charge in [0.05, 0.1) is 13.1 Å². The van der Waals surface area contributed by atoms with Crippen molar-refractivity contribution in [3.05, 3.63) is 40.6 Å². The number of halogens is 1. The maximum absolute atomic E-state index is 11.8. The summed E-state index contributed by atoms with van der Waals surface area (Å²) in [5, 5.41) is 10.1. The second kappa shape index (κ2) is 7.02. The Morgan fingerprint density at radius 3 is 3.05 bits per heavy atom. The molecule has 3 rings (SSSR count). The maximum atomic E-state index is 11.8. The Morgan fingerprint density at radius 1 is 1.41 bits per heavy atom. The highest BCUT2D eigenvalue weighted by molar-refractivity contribution is 9.10. The molecule has 1 fully saturated rings. The number of benzene rings is 1. The molecule has 2 aromatic rings. The molecule has 1 aromatic carbocycles. The van der Waals surface area contributed by atoms with E-state index in [0.717, 1.165) is 22.5 Å². The Labute approximate surface area is 137 Å². The van der Waals surface area contributed by atoms with Crippen molar-refractivity contribution in [2.45, 2.75) is 19.4 Å². The van der Waals surface area contributed by atoms with Gasteiger partial charge in [-0.2, -0.15) is 0 Å². The molecule has 1 aromatic heterocycles. The van der Waals surface area contributed by atoms with Gasteiger partial charge in [0.25, 0.3) is 0 Å². The minimum Gasteiger partial charge on any atom is -0.308 e. The molecule has 6 nitrogen and oxygen atoms in total. The molecule has 0 aliphatic heterocycles. The average molecular weight is 364 g/mol. The highest BCUT2D eigenvalue weighted by Crippen LogP contribution is 2.27. The van der Waals surface area contributed by atoms with Gasteiger partial charge < -0.3 is 5.32 Å². The lowest BCUT2D eigenvalue weighted by Gasteiger charge is -2.03. The smallest absolute Gasteiger partial charge is 0.248 e. The normalized spacial score (nSPS) is 14.0. The number of carbonyl (C=O) groups is 1. The molecule has 1 aliphatic carbocycles. The van der Waals surface area contributed by atoms with E-state index >= 15 is 0 Å². The molecule has 0 atom stereocenters. The first-order valence-corrected chi connectivity index (χ1v) is 8.13. The number of amides is 1. The fourth-order valence-electron chi connectivity index (χ4n) is 2.13. The molecule has 0 radical (unpaired) electrons. The highest BCUT2D eigenvalue weighted by Gasteiger charge is 2.20. The predicted octanol–water partition coefficient (Wildman–Crippen LogP) is 2.03. The summed E-state index contributed by atoms with van der Waals surface area (Å²) in [5.74, 6) is 0.990. The molecular formula is C15H18BrN5O. The standard InChI is InChI=1S/C15H18BrN5O/c16-13-3-1-2-12(6-13)9-21-10-18-15(20-21)19-14(22)8-17-7-11-4-5-11/h1-3,6,10-11,17H,4-5,7-9H2,(H,19,20,22). The number of carbonyl (C=O) groups excluding carboxylic acids is 1.